The molecule has 1 aliphatic carbocycles. The summed E-state index contributed by atoms with van der Waals surface area (Å²) in [5.41, 5.74) is 14.2. The van der Waals surface area contributed by atoms with E-state index in [-0.39, 0.29) is 0 Å². The Morgan fingerprint density at radius 3 is 1.64 bits per heavy atom. The highest BCUT2D eigenvalue weighted by Gasteiger charge is 2.29. The van der Waals surface area contributed by atoms with Gasteiger partial charge in [0.15, 0.2) is 11.6 Å². The van der Waals surface area contributed by atoms with Gasteiger partial charge in [0.1, 0.15) is 39.2 Å². The highest BCUT2D eigenvalue weighted by molar-refractivity contribution is 6.48. The van der Waals surface area contributed by atoms with Crippen LogP contribution < -0.4 is 0 Å². The Kier molecular flexibility index (Phi) is 7.84. The van der Waals surface area contributed by atoms with E-state index in [0.29, 0.717) is 29.2 Å². The molecule has 0 saturated heterocycles. The zero-order valence-corrected chi connectivity index (χ0v) is 31.7. The maximum Gasteiger partial charge on any atom is 0.238 e. The van der Waals surface area contributed by atoms with Crippen LogP contribution >= 0.6 is 0 Å². The maximum atomic E-state index is 5.49. The van der Waals surface area contributed by atoms with Crippen molar-refractivity contribution in [2.75, 3.05) is 0 Å². The first-order valence-corrected chi connectivity index (χ1v) is 19.2. The summed E-state index contributed by atoms with van der Waals surface area (Å²) in [5.74, 6) is 2.65. The Labute approximate surface area is 324 Å². The molecule has 6 aromatic carbocycles. The first-order chi connectivity index (χ1) is 26.9. The molecule has 9 aromatic rings. The summed E-state index contributed by atoms with van der Waals surface area (Å²) in [6, 6.07) is 51.5. The Hall–Kier alpha value is -6.27. The lowest BCUT2D eigenvalue weighted by atomic mass is 9.47. The average molecular weight is 701 g/mol. The van der Waals surface area contributed by atoms with Gasteiger partial charge < -0.3 is 4.57 Å². The van der Waals surface area contributed by atoms with E-state index < -0.39 is 0 Å². The van der Waals surface area contributed by atoms with Crippen molar-refractivity contribution in [3.63, 3.8) is 0 Å². The molecule has 0 aliphatic heterocycles. The maximum absolute atomic E-state index is 5.49. The fraction of sp³-hybridized carbons (Fsp3) is 0.0444. The van der Waals surface area contributed by atoms with Gasteiger partial charge in [-0.05, 0) is 35.6 Å². The van der Waals surface area contributed by atoms with Crippen molar-refractivity contribution in [2.45, 2.75) is 11.6 Å². The first kappa shape index (κ1) is 33.3. The molecule has 0 fully saturated rings. The Balaban J connectivity index is 1.34. The van der Waals surface area contributed by atoms with E-state index in [2.05, 4.69) is 176 Å². The standard InChI is InChI=1S/C45H36B5N5/c46-36-35(37(47)39(49)40(50)38(36)48)29-19-7-8-20-32(29)44-51-43(25-13-3-1-4-14-25)52-45(53-44)55-34-22-12-10-18-28(34)31-24-23-30-27-17-9-11-21-33(27)54(41(30)42(31)55)26-15-5-2-6-16-26/h1-24,36,38H,46-50H2. The van der Waals surface area contributed by atoms with Gasteiger partial charge in [-0.3, -0.25) is 4.57 Å². The Morgan fingerprint density at radius 2 is 0.964 bits per heavy atom. The molecule has 1 aliphatic rings. The van der Waals surface area contributed by atoms with Gasteiger partial charge >= 0.3 is 0 Å². The Bertz CT molecular complexity index is 3060. The van der Waals surface area contributed by atoms with E-state index in [1.807, 2.05) is 18.2 Å². The number of nitrogens with zero attached hydrogens (tertiary/aromatic N) is 5. The van der Waals surface area contributed by atoms with Crippen LogP contribution in [0.5, 0.6) is 0 Å². The fourth-order valence-corrected chi connectivity index (χ4v) is 9.02. The van der Waals surface area contributed by atoms with Gasteiger partial charge in [-0.1, -0.05) is 138 Å². The minimum absolute atomic E-state index is 0.338. The van der Waals surface area contributed by atoms with E-state index in [9.17, 15) is 0 Å². The summed E-state index contributed by atoms with van der Waals surface area (Å²) in [6.07, 6.45) is 0. The highest BCUT2D eigenvalue weighted by atomic mass is 15.2. The minimum atomic E-state index is 0.338. The summed E-state index contributed by atoms with van der Waals surface area (Å²) < 4.78 is 4.67. The summed E-state index contributed by atoms with van der Waals surface area (Å²) in [7, 11) is 11.5. The van der Waals surface area contributed by atoms with Crippen LogP contribution in [0.1, 0.15) is 5.56 Å². The number of aromatic nitrogens is 5. The van der Waals surface area contributed by atoms with Crippen molar-refractivity contribution in [3.8, 4) is 34.4 Å². The predicted molar refractivity (Wildman–Crippen MR) is 244 cm³/mol. The van der Waals surface area contributed by atoms with Crippen LogP contribution in [0.3, 0.4) is 0 Å². The third kappa shape index (κ3) is 5.11. The lowest BCUT2D eigenvalue weighted by molar-refractivity contribution is 0.952. The molecule has 10 heteroatoms. The number of fused-ring (bicyclic) bond motifs is 7. The second-order valence-corrected chi connectivity index (χ2v) is 15.0. The number of rotatable bonds is 5. The van der Waals surface area contributed by atoms with Crippen molar-refractivity contribution >= 4 is 88.4 Å². The van der Waals surface area contributed by atoms with Gasteiger partial charge in [-0.2, -0.15) is 9.97 Å². The molecule has 0 N–H and O–H groups in total. The molecule has 3 aromatic heterocycles. The summed E-state index contributed by atoms with van der Waals surface area (Å²) in [4.78, 5) is 16.1. The molecule has 55 heavy (non-hydrogen) atoms. The van der Waals surface area contributed by atoms with Gasteiger partial charge in [-0.25, -0.2) is 4.98 Å². The molecule has 0 radical (unpaired) electrons. The minimum Gasteiger partial charge on any atom is -0.307 e. The van der Waals surface area contributed by atoms with Crippen molar-refractivity contribution in [1.82, 2.24) is 24.1 Å². The Morgan fingerprint density at radius 1 is 0.436 bits per heavy atom. The molecule has 0 saturated carbocycles. The van der Waals surface area contributed by atoms with E-state index in [1.54, 1.807) is 0 Å². The number of allylic oxidation sites excluding steroid dienone is 4. The van der Waals surface area contributed by atoms with E-state index in [0.717, 1.165) is 49.7 Å². The van der Waals surface area contributed by atoms with Crippen LogP contribution in [0.15, 0.2) is 162 Å². The quantitative estimate of drug-likeness (QED) is 0.205. The van der Waals surface area contributed by atoms with Crippen LogP contribution in [0.4, 0.5) is 0 Å². The second-order valence-electron chi connectivity index (χ2n) is 15.0. The summed E-state index contributed by atoms with van der Waals surface area (Å²) in [5, 5.41) is 4.68. The van der Waals surface area contributed by atoms with Crippen LogP contribution in [0.25, 0.3) is 83.6 Å². The smallest absolute Gasteiger partial charge is 0.238 e. The summed E-state index contributed by atoms with van der Waals surface area (Å²) in [6.45, 7) is 0. The number of hydrogen-bond acceptors (Lipinski definition) is 3. The lowest BCUT2D eigenvalue weighted by Gasteiger charge is -2.35. The highest BCUT2D eigenvalue weighted by Crippen LogP contribution is 2.47. The van der Waals surface area contributed by atoms with E-state index >= 15 is 0 Å². The SMILES string of the molecule is BC1=C(B)C(B)C(B)C(c2ccccc2-c2nc(-c3ccccc3)nc(-n3c4ccccc4c4ccc5c6ccccc6n(-c6ccccc6)c5c43)n2)=C1B. The van der Waals surface area contributed by atoms with Gasteiger partial charge in [0.2, 0.25) is 5.95 Å². The largest absolute Gasteiger partial charge is 0.307 e. The van der Waals surface area contributed by atoms with Crippen molar-refractivity contribution < 1.29 is 0 Å². The predicted octanol–water partition coefficient (Wildman–Crippen LogP) is 6.08. The van der Waals surface area contributed by atoms with Crippen LogP contribution in [-0.2, 0) is 0 Å². The normalized spacial score (nSPS) is 16.2. The molecule has 3 heterocycles. The van der Waals surface area contributed by atoms with Gasteiger partial charge in [-0.15, -0.1) is 10.9 Å². The molecule has 0 spiro atoms. The molecule has 10 rings (SSSR count). The number of para-hydroxylation sites is 3. The van der Waals surface area contributed by atoms with Crippen LogP contribution in [0, 0.1) is 0 Å². The average Bonchev–Trinajstić information content (AvgIpc) is 3.76. The van der Waals surface area contributed by atoms with Crippen LogP contribution in [-0.4, -0.2) is 63.3 Å². The molecule has 2 atom stereocenters. The van der Waals surface area contributed by atoms with Crippen LogP contribution in [0.2, 0.25) is 11.6 Å². The molecular formula is C45H36B5N5. The fourth-order valence-electron chi connectivity index (χ4n) is 9.02. The molecule has 256 valence electrons. The van der Waals surface area contributed by atoms with Crippen molar-refractivity contribution in [1.29, 1.82) is 0 Å². The molecule has 0 amide bonds. The molecule has 5 nitrogen and oxygen atoms in total. The van der Waals surface area contributed by atoms with Gasteiger partial charge in [0.05, 0.1) is 22.1 Å². The van der Waals surface area contributed by atoms with E-state index in [4.69, 9.17) is 15.0 Å². The second kappa shape index (κ2) is 12.9. The molecule has 2 unspecified atom stereocenters. The van der Waals surface area contributed by atoms with Gasteiger partial charge in [0, 0.05) is 38.4 Å². The molecule has 0 bridgehead atoms. The topological polar surface area (TPSA) is 48.5 Å². The monoisotopic (exact) mass is 701 g/mol. The van der Waals surface area contributed by atoms with Crippen molar-refractivity contribution in [3.05, 3.63) is 168 Å². The van der Waals surface area contributed by atoms with Crippen molar-refractivity contribution in [2.24, 2.45) is 0 Å². The third-order valence-corrected chi connectivity index (χ3v) is 12.2. The zero-order valence-electron chi connectivity index (χ0n) is 31.7. The number of hydrogen-bond donors (Lipinski definition) is 0. The first-order valence-electron chi connectivity index (χ1n) is 19.2. The molecular weight excluding hydrogens is 665 g/mol. The van der Waals surface area contributed by atoms with Gasteiger partial charge in [0.25, 0.3) is 0 Å². The summed E-state index contributed by atoms with van der Waals surface area (Å²) >= 11 is 0. The number of benzene rings is 6. The van der Waals surface area contributed by atoms with E-state index in [1.165, 1.54) is 38.3 Å². The third-order valence-electron chi connectivity index (χ3n) is 12.2. The lowest BCUT2D eigenvalue weighted by Crippen LogP contribution is -2.19. The zero-order chi connectivity index (χ0) is 37.4.